The maximum Gasteiger partial charge on any atom is 0.416 e. The molecular formula is C16H15F3N6O3S. The quantitative estimate of drug-likeness (QED) is 0.610. The van der Waals surface area contributed by atoms with Crippen LogP contribution in [-0.2, 0) is 20.8 Å². The average Bonchev–Trinajstić information content (AvgIpc) is 2.60. The first-order valence-corrected chi connectivity index (χ1v) is 9.74. The fraction of sp³-hybridized carbons (Fsp3) is 0.250. The molecule has 0 unspecified atom stereocenters. The van der Waals surface area contributed by atoms with Crippen molar-refractivity contribution in [3.63, 3.8) is 0 Å². The zero-order valence-corrected chi connectivity index (χ0v) is 15.9. The Kier molecular flexibility index (Phi) is 5.98. The van der Waals surface area contributed by atoms with Crippen LogP contribution in [0.25, 0.3) is 0 Å². The van der Waals surface area contributed by atoms with Crippen molar-refractivity contribution in [3.05, 3.63) is 35.4 Å². The first-order valence-electron chi connectivity index (χ1n) is 7.85. The van der Waals surface area contributed by atoms with Crippen molar-refractivity contribution in [2.24, 2.45) is 0 Å². The minimum Gasteiger partial charge on any atom is -0.374 e. The van der Waals surface area contributed by atoms with E-state index in [0.29, 0.717) is 0 Å². The van der Waals surface area contributed by atoms with Gasteiger partial charge in [-0.05, 0) is 25.1 Å². The van der Waals surface area contributed by atoms with E-state index in [1.165, 1.54) is 19.1 Å². The molecule has 29 heavy (non-hydrogen) atoms. The molecule has 4 N–H and O–H groups in total. The topological polar surface area (TPSA) is 151 Å². The molecule has 9 nitrogen and oxygen atoms in total. The molecule has 1 aromatic carbocycles. The summed E-state index contributed by atoms with van der Waals surface area (Å²) < 4.78 is 61.9. The molecule has 154 valence electrons. The second-order valence-electron chi connectivity index (χ2n) is 5.93. The first kappa shape index (κ1) is 21.9. The first-order chi connectivity index (χ1) is 13.3. The van der Waals surface area contributed by atoms with E-state index in [1.54, 1.807) is 6.07 Å². The molecule has 0 aliphatic carbocycles. The Balaban J connectivity index is 2.27. The van der Waals surface area contributed by atoms with Crippen LogP contribution in [-0.4, -0.2) is 36.6 Å². The van der Waals surface area contributed by atoms with Crippen LogP contribution in [0.3, 0.4) is 0 Å². The van der Waals surface area contributed by atoms with E-state index in [0.717, 1.165) is 18.4 Å². The Morgan fingerprint density at radius 2 is 1.97 bits per heavy atom. The summed E-state index contributed by atoms with van der Waals surface area (Å²) >= 11 is 0. The maximum atomic E-state index is 12.8. The molecule has 0 bridgehead atoms. The number of halogens is 3. The molecule has 2 rings (SSSR count). The lowest BCUT2D eigenvalue weighted by molar-refractivity contribution is -0.137. The van der Waals surface area contributed by atoms with Gasteiger partial charge in [-0.25, -0.2) is 8.42 Å². The summed E-state index contributed by atoms with van der Waals surface area (Å²) in [5.74, 6) is -1.71. The van der Waals surface area contributed by atoms with Gasteiger partial charge in [0.15, 0.2) is 20.7 Å². The predicted octanol–water partition coefficient (Wildman–Crippen LogP) is 1.79. The number of hydrogen-bond acceptors (Lipinski definition) is 8. The van der Waals surface area contributed by atoms with Gasteiger partial charge in [0.25, 0.3) is 0 Å². The molecule has 0 radical (unpaired) electrons. The third-order valence-electron chi connectivity index (χ3n) is 3.56. The van der Waals surface area contributed by atoms with Crippen molar-refractivity contribution in [3.8, 4) is 6.07 Å². The number of benzene rings is 1. The van der Waals surface area contributed by atoms with Crippen LogP contribution in [0.5, 0.6) is 0 Å². The highest BCUT2D eigenvalue weighted by Crippen LogP contribution is 2.30. The summed E-state index contributed by atoms with van der Waals surface area (Å²) in [6, 6.07) is 4.75. The summed E-state index contributed by atoms with van der Waals surface area (Å²) in [5.41, 5.74) is 4.06. The van der Waals surface area contributed by atoms with Crippen LogP contribution < -0.4 is 16.4 Å². The minimum absolute atomic E-state index is 0.0296. The number of anilines is 3. The molecule has 0 saturated carbocycles. The molecule has 1 aromatic heterocycles. The zero-order chi connectivity index (χ0) is 22.0. The SMILES string of the molecule is C[C@H](Nc1cccc(C(F)(F)F)c1)C(=O)Nc1nc(N)nc(S(C)(=O)=O)c1C#N. The number of rotatable bonds is 5. The molecule has 13 heteroatoms. The number of nitriles is 1. The fourth-order valence-corrected chi connectivity index (χ4v) is 3.01. The number of hydrogen-bond donors (Lipinski definition) is 3. The highest BCUT2D eigenvalue weighted by molar-refractivity contribution is 7.90. The van der Waals surface area contributed by atoms with Gasteiger partial charge in [-0.1, -0.05) is 6.07 Å². The zero-order valence-electron chi connectivity index (χ0n) is 15.1. The molecule has 2 aromatic rings. The van der Waals surface area contributed by atoms with Gasteiger partial charge in [0.1, 0.15) is 17.7 Å². The number of nitrogens with one attached hydrogen (secondary N) is 2. The van der Waals surface area contributed by atoms with E-state index in [4.69, 9.17) is 5.73 Å². The van der Waals surface area contributed by atoms with Gasteiger partial charge in [-0.3, -0.25) is 4.79 Å². The molecule has 1 amide bonds. The van der Waals surface area contributed by atoms with E-state index >= 15 is 0 Å². The van der Waals surface area contributed by atoms with Crippen LogP contribution in [0.4, 0.5) is 30.6 Å². The Hall–Kier alpha value is -3.40. The molecule has 0 spiro atoms. The lowest BCUT2D eigenvalue weighted by atomic mass is 10.2. The van der Waals surface area contributed by atoms with Gasteiger partial charge in [-0.15, -0.1) is 0 Å². The molecule has 0 saturated heterocycles. The third-order valence-corrected chi connectivity index (χ3v) is 4.56. The van der Waals surface area contributed by atoms with Crippen LogP contribution in [0.15, 0.2) is 29.3 Å². The number of nitrogen functional groups attached to an aromatic ring is 1. The lowest BCUT2D eigenvalue weighted by Gasteiger charge is -2.17. The van der Waals surface area contributed by atoms with E-state index in [1.807, 2.05) is 0 Å². The highest BCUT2D eigenvalue weighted by atomic mass is 32.2. The number of nitrogens with two attached hydrogens (primary N) is 1. The summed E-state index contributed by atoms with van der Waals surface area (Å²) in [4.78, 5) is 19.6. The standard InChI is InChI=1S/C16H15F3N6O3S/c1-8(22-10-5-3-4-9(6-10)16(17,18)19)13(26)23-12-11(7-20)14(29(2,27)28)25-15(21)24-12/h3-6,8,22H,1-2H3,(H3,21,23,24,25,26)/t8-/m0/s1. The second kappa shape index (κ2) is 7.92. The summed E-state index contributed by atoms with van der Waals surface area (Å²) in [6.45, 7) is 1.35. The van der Waals surface area contributed by atoms with E-state index < -0.39 is 55.9 Å². The summed E-state index contributed by atoms with van der Waals surface area (Å²) in [6.07, 6.45) is -3.75. The minimum atomic E-state index is -4.55. The fourth-order valence-electron chi connectivity index (χ4n) is 2.24. The third kappa shape index (κ3) is 5.32. The van der Waals surface area contributed by atoms with Gasteiger partial charge >= 0.3 is 6.18 Å². The largest absolute Gasteiger partial charge is 0.416 e. The van der Waals surface area contributed by atoms with E-state index in [2.05, 4.69) is 20.6 Å². The number of aromatic nitrogens is 2. The Labute approximate surface area is 163 Å². The number of nitrogens with zero attached hydrogens (tertiary/aromatic N) is 3. The van der Waals surface area contributed by atoms with Crippen molar-refractivity contribution >= 4 is 33.2 Å². The van der Waals surface area contributed by atoms with E-state index in [9.17, 15) is 31.6 Å². The molecule has 1 atom stereocenters. The molecule has 0 aliphatic heterocycles. The second-order valence-corrected chi connectivity index (χ2v) is 7.86. The predicted molar refractivity (Wildman–Crippen MR) is 97.4 cm³/mol. The number of sulfone groups is 1. The summed E-state index contributed by atoms with van der Waals surface area (Å²) in [7, 11) is -3.94. The number of alkyl halides is 3. The Morgan fingerprint density at radius 1 is 1.31 bits per heavy atom. The van der Waals surface area contributed by atoms with Crippen LogP contribution in [0.2, 0.25) is 0 Å². The van der Waals surface area contributed by atoms with Gasteiger partial charge in [0, 0.05) is 11.9 Å². The van der Waals surface area contributed by atoms with Crippen molar-refractivity contribution in [2.45, 2.75) is 24.2 Å². The molecular weight excluding hydrogens is 413 g/mol. The number of amides is 1. The highest BCUT2D eigenvalue weighted by Gasteiger charge is 2.30. The van der Waals surface area contributed by atoms with Crippen LogP contribution in [0, 0.1) is 11.3 Å². The average molecular weight is 428 g/mol. The maximum absolute atomic E-state index is 12.8. The van der Waals surface area contributed by atoms with Crippen molar-refractivity contribution in [1.29, 1.82) is 5.26 Å². The van der Waals surface area contributed by atoms with Crippen molar-refractivity contribution < 1.29 is 26.4 Å². The number of carbonyl (C=O) groups excluding carboxylic acids is 1. The lowest BCUT2D eigenvalue weighted by Crippen LogP contribution is -2.33. The van der Waals surface area contributed by atoms with Crippen LogP contribution >= 0.6 is 0 Å². The van der Waals surface area contributed by atoms with Gasteiger partial charge in [0.05, 0.1) is 5.56 Å². The Bertz CT molecular complexity index is 1100. The van der Waals surface area contributed by atoms with Crippen LogP contribution in [0.1, 0.15) is 18.1 Å². The normalized spacial score (nSPS) is 12.7. The smallest absolute Gasteiger partial charge is 0.374 e. The van der Waals surface area contributed by atoms with Crippen molar-refractivity contribution in [2.75, 3.05) is 22.6 Å². The summed E-state index contributed by atoms with van der Waals surface area (Å²) in [5, 5.41) is 13.4. The Morgan fingerprint density at radius 3 is 2.52 bits per heavy atom. The van der Waals surface area contributed by atoms with Gasteiger partial charge in [0.2, 0.25) is 11.9 Å². The van der Waals surface area contributed by atoms with E-state index in [-0.39, 0.29) is 5.69 Å². The van der Waals surface area contributed by atoms with Gasteiger partial charge < -0.3 is 16.4 Å². The van der Waals surface area contributed by atoms with Gasteiger partial charge in [-0.2, -0.15) is 28.4 Å². The molecule has 1 heterocycles. The number of carbonyl (C=O) groups is 1. The molecule has 0 aliphatic rings. The van der Waals surface area contributed by atoms with Crippen molar-refractivity contribution in [1.82, 2.24) is 9.97 Å². The molecule has 0 fully saturated rings. The monoisotopic (exact) mass is 428 g/mol.